The molecule has 2 unspecified atom stereocenters. The fourth-order valence-electron chi connectivity index (χ4n) is 2.55. The largest absolute Gasteiger partial charge is 0.480 e. The average molecular weight is 371 g/mol. The molecule has 0 saturated carbocycles. The number of ether oxygens (including phenoxy) is 2. The number of hydrogen-bond acceptors (Lipinski definition) is 4. The maximum absolute atomic E-state index is 11.9. The molecule has 0 saturated heterocycles. The summed E-state index contributed by atoms with van der Waals surface area (Å²) in [6.07, 6.45) is -0.492. The van der Waals surface area contributed by atoms with Crippen LogP contribution in [-0.4, -0.2) is 29.8 Å². The molecule has 6 heteroatoms. The molecule has 1 amide bonds. The topological polar surface area (TPSA) is 84.9 Å². The minimum absolute atomic E-state index is 0.0377. The number of nitrogens with one attached hydrogen (secondary N) is 1. The Bertz CT molecular complexity index is 705. The van der Waals surface area contributed by atoms with Crippen molar-refractivity contribution in [3.05, 3.63) is 71.8 Å². The maximum atomic E-state index is 11.9. The van der Waals surface area contributed by atoms with Gasteiger partial charge in [0.1, 0.15) is 12.6 Å². The third kappa shape index (κ3) is 7.92. The number of aliphatic carboxylic acids is 1. The van der Waals surface area contributed by atoms with Crippen LogP contribution in [0.15, 0.2) is 60.7 Å². The Hall–Kier alpha value is -2.86. The number of rotatable bonds is 10. The number of carbonyl (C=O) groups excluding carboxylic acids is 1. The van der Waals surface area contributed by atoms with Crippen molar-refractivity contribution in [2.45, 2.75) is 32.6 Å². The van der Waals surface area contributed by atoms with E-state index in [1.165, 1.54) is 0 Å². The quantitative estimate of drug-likeness (QED) is 0.666. The highest BCUT2D eigenvalue weighted by Gasteiger charge is 2.23. The van der Waals surface area contributed by atoms with Gasteiger partial charge in [0.05, 0.1) is 6.61 Å². The Kier molecular flexibility index (Phi) is 8.32. The van der Waals surface area contributed by atoms with Crippen molar-refractivity contribution < 1.29 is 24.2 Å². The van der Waals surface area contributed by atoms with Gasteiger partial charge in [0.25, 0.3) is 0 Å². The number of carbonyl (C=O) groups is 2. The molecular weight excluding hydrogens is 346 g/mol. The van der Waals surface area contributed by atoms with Crippen molar-refractivity contribution in [2.75, 3.05) is 6.61 Å². The molecule has 2 aromatic carbocycles. The van der Waals surface area contributed by atoms with Crippen LogP contribution in [-0.2, 0) is 27.5 Å². The zero-order valence-corrected chi connectivity index (χ0v) is 15.3. The van der Waals surface area contributed by atoms with E-state index in [-0.39, 0.29) is 18.9 Å². The van der Waals surface area contributed by atoms with Gasteiger partial charge < -0.3 is 19.9 Å². The third-order valence-corrected chi connectivity index (χ3v) is 3.95. The second kappa shape index (κ2) is 11.0. The highest BCUT2D eigenvalue weighted by molar-refractivity contribution is 5.79. The lowest BCUT2D eigenvalue weighted by molar-refractivity contribution is -0.140. The minimum atomic E-state index is -1.10. The van der Waals surface area contributed by atoms with Gasteiger partial charge in [-0.05, 0) is 23.5 Å². The van der Waals surface area contributed by atoms with Crippen LogP contribution in [0.4, 0.5) is 4.79 Å². The zero-order chi connectivity index (χ0) is 19.5. The molecule has 6 nitrogen and oxygen atoms in total. The molecule has 0 aliphatic rings. The van der Waals surface area contributed by atoms with E-state index < -0.39 is 18.1 Å². The summed E-state index contributed by atoms with van der Waals surface area (Å²) in [4.78, 5) is 23.3. The monoisotopic (exact) mass is 371 g/mol. The Balaban J connectivity index is 1.73. The maximum Gasteiger partial charge on any atom is 0.408 e. The van der Waals surface area contributed by atoms with Crippen LogP contribution in [0.1, 0.15) is 24.5 Å². The minimum Gasteiger partial charge on any atom is -0.480 e. The van der Waals surface area contributed by atoms with E-state index in [4.69, 9.17) is 9.47 Å². The molecule has 0 aromatic heterocycles. The Morgan fingerprint density at radius 3 is 2.07 bits per heavy atom. The van der Waals surface area contributed by atoms with Crippen LogP contribution in [0, 0.1) is 5.92 Å². The van der Waals surface area contributed by atoms with Crippen LogP contribution >= 0.6 is 0 Å². The lowest BCUT2D eigenvalue weighted by atomic mass is 10.0. The van der Waals surface area contributed by atoms with Gasteiger partial charge in [0.15, 0.2) is 0 Å². The number of hydrogen-bond donors (Lipinski definition) is 2. The lowest BCUT2D eigenvalue weighted by Gasteiger charge is -2.19. The number of alkyl carbamates (subject to hydrolysis) is 1. The first-order valence-corrected chi connectivity index (χ1v) is 8.86. The molecule has 2 atom stereocenters. The molecule has 0 radical (unpaired) electrons. The van der Waals surface area contributed by atoms with Gasteiger partial charge >= 0.3 is 12.1 Å². The average Bonchev–Trinajstić information content (AvgIpc) is 2.67. The van der Waals surface area contributed by atoms with Crippen molar-refractivity contribution in [3.63, 3.8) is 0 Å². The van der Waals surface area contributed by atoms with E-state index in [1.54, 1.807) is 0 Å². The van der Waals surface area contributed by atoms with Gasteiger partial charge in [-0.3, -0.25) is 0 Å². The summed E-state index contributed by atoms with van der Waals surface area (Å²) in [5.41, 5.74) is 1.89. The van der Waals surface area contributed by atoms with E-state index >= 15 is 0 Å². The molecule has 2 N–H and O–H groups in total. The number of amides is 1. The molecule has 0 aliphatic carbocycles. The predicted molar refractivity (Wildman–Crippen MR) is 101 cm³/mol. The van der Waals surface area contributed by atoms with Gasteiger partial charge in [-0.15, -0.1) is 0 Å². The molecule has 0 bridgehead atoms. The summed E-state index contributed by atoms with van der Waals surface area (Å²) in [6, 6.07) is 17.9. The van der Waals surface area contributed by atoms with E-state index in [0.29, 0.717) is 13.2 Å². The van der Waals surface area contributed by atoms with Gasteiger partial charge in [-0.2, -0.15) is 0 Å². The van der Waals surface area contributed by atoms with Gasteiger partial charge in [0, 0.05) is 6.61 Å². The van der Waals surface area contributed by atoms with Crippen LogP contribution in [0.25, 0.3) is 0 Å². The molecule has 0 fully saturated rings. The van der Waals surface area contributed by atoms with Crippen LogP contribution < -0.4 is 5.32 Å². The Morgan fingerprint density at radius 1 is 0.963 bits per heavy atom. The van der Waals surface area contributed by atoms with E-state index in [0.717, 1.165) is 11.1 Å². The zero-order valence-electron chi connectivity index (χ0n) is 15.3. The van der Waals surface area contributed by atoms with Crippen LogP contribution in [0.2, 0.25) is 0 Å². The molecular formula is C21H25NO5. The van der Waals surface area contributed by atoms with Crippen molar-refractivity contribution in [1.29, 1.82) is 0 Å². The lowest BCUT2D eigenvalue weighted by Crippen LogP contribution is -2.42. The molecule has 2 aromatic rings. The molecule has 144 valence electrons. The molecule has 0 spiro atoms. The molecule has 0 aliphatic heterocycles. The van der Waals surface area contributed by atoms with E-state index in [1.807, 2.05) is 67.6 Å². The second-order valence-corrected chi connectivity index (χ2v) is 6.44. The number of carboxylic acids is 1. The second-order valence-electron chi connectivity index (χ2n) is 6.44. The highest BCUT2D eigenvalue weighted by Crippen LogP contribution is 2.10. The summed E-state index contributed by atoms with van der Waals surface area (Å²) in [6.45, 7) is 2.85. The smallest absolute Gasteiger partial charge is 0.408 e. The fraction of sp³-hybridized carbons (Fsp3) is 0.333. The standard InChI is InChI=1S/C21H25NO5/c1-16(13-26-14-17-8-4-2-5-9-17)12-19(20(23)24)22-21(25)27-15-18-10-6-3-7-11-18/h2-11,16,19H,12-15H2,1H3,(H,22,25)(H,23,24). The van der Waals surface area contributed by atoms with Crippen molar-refractivity contribution in [1.82, 2.24) is 5.32 Å². The van der Waals surface area contributed by atoms with E-state index in [9.17, 15) is 14.7 Å². The summed E-state index contributed by atoms with van der Waals surface area (Å²) in [5.74, 6) is -1.13. The summed E-state index contributed by atoms with van der Waals surface area (Å²) in [5, 5.41) is 11.8. The van der Waals surface area contributed by atoms with Gasteiger partial charge in [-0.25, -0.2) is 9.59 Å². The van der Waals surface area contributed by atoms with Crippen LogP contribution in [0.3, 0.4) is 0 Å². The normalized spacial score (nSPS) is 12.8. The Morgan fingerprint density at radius 2 is 1.52 bits per heavy atom. The first-order chi connectivity index (χ1) is 13.0. The third-order valence-electron chi connectivity index (χ3n) is 3.95. The summed E-state index contributed by atoms with van der Waals surface area (Å²) in [7, 11) is 0. The first kappa shape index (κ1) is 20.5. The van der Waals surface area contributed by atoms with E-state index in [2.05, 4.69) is 5.32 Å². The van der Waals surface area contributed by atoms with Crippen molar-refractivity contribution >= 4 is 12.1 Å². The first-order valence-electron chi connectivity index (χ1n) is 8.86. The van der Waals surface area contributed by atoms with Crippen molar-refractivity contribution in [3.8, 4) is 0 Å². The fourth-order valence-corrected chi connectivity index (χ4v) is 2.55. The van der Waals surface area contributed by atoms with Gasteiger partial charge in [-0.1, -0.05) is 67.6 Å². The Labute approximate surface area is 159 Å². The SMILES string of the molecule is CC(COCc1ccccc1)CC(NC(=O)OCc1ccccc1)C(=O)O. The highest BCUT2D eigenvalue weighted by atomic mass is 16.5. The van der Waals surface area contributed by atoms with Crippen LogP contribution in [0.5, 0.6) is 0 Å². The summed E-state index contributed by atoms with van der Waals surface area (Å²) >= 11 is 0. The summed E-state index contributed by atoms with van der Waals surface area (Å²) < 4.78 is 10.7. The number of carboxylic acid groups (broad SMARTS) is 1. The number of benzene rings is 2. The van der Waals surface area contributed by atoms with Crippen molar-refractivity contribution in [2.24, 2.45) is 5.92 Å². The van der Waals surface area contributed by atoms with Gasteiger partial charge in [0.2, 0.25) is 0 Å². The molecule has 2 rings (SSSR count). The molecule has 0 heterocycles. The predicted octanol–water partition coefficient (Wildman–Crippen LogP) is 3.61. The molecule has 27 heavy (non-hydrogen) atoms.